The molecule has 1 heteroatoms. The zero-order chi connectivity index (χ0) is 12.8. The van der Waals surface area contributed by atoms with Crippen molar-refractivity contribution in [2.75, 3.05) is 0 Å². The molecular formula is C16H26O. The first-order chi connectivity index (χ1) is 8.11. The first-order valence-corrected chi connectivity index (χ1v) is 6.92. The number of rotatable bonds is 6. The van der Waals surface area contributed by atoms with Crippen LogP contribution in [0.4, 0.5) is 0 Å². The van der Waals surface area contributed by atoms with Crippen LogP contribution >= 0.6 is 0 Å². The fourth-order valence-electron chi connectivity index (χ4n) is 2.32. The smallest absolute Gasteiger partial charge is 0.122 e. The van der Waals surface area contributed by atoms with Crippen molar-refractivity contribution in [2.24, 2.45) is 0 Å². The minimum absolute atomic E-state index is 0.546. The molecule has 0 aliphatic heterocycles. The largest absolute Gasteiger partial charge is 0.507 e. The number of phenolic OH excluding ortho intramolecular Hbond substituents is 1. The number of phenols is 1. The maximum Gasteiger partial charge on any atom is 0.122 e. The third kappa shape index (κ3) is 3.49. The van der Waals surface area contributed by atoms with E-state index in [0.717, 1.165) is 30.4 Å². The SMILES string of the molecule is CCCCc1cc(C)c(CCCC)c(O)c1C. The molecule has 1 nitrogen and oxygen atoms in total. The van der Waals surface area contributed by atoms with Crippen LogP contribution in [0.3, 0.4) is 0 Å². The summed E-state index contributed by atoms with van der Waals surface area (Å²) < 4.78 is 0. The van der Waals surface area contributed by atoms with Gasteiger partial charge >= 0.3 is 0 Å². The maximum absolute atomic E-state index is 10.3. The van der Waals surface area contributed by atoms with Crippen LogP contribution in [0.1, 0.15) is 61.8 Å². The molecule has 1 aromatic rings. The Morgan fingerprint density at radius 1 is 1.00 bits per heavy atom. The molecule has 0 aliphatic rings. The summed E-state index contributed by atoms with van der Waals surface area (Å²) in [6, 6.07) is 2.27. The number of aryl methyl sites for hydroxylation is 2. The number of unbranched alkanes of at least 4 members (excludes halogenated alkanes) is 2. The summed E-state index contributed by atoms with van der Waals surface area (Å²) in [4.78, 5) is 0. The molecule has 0 spiro atoms. The van der Waals surface area contributed by atoms with Gasteiger partial charge in [-0.1, -0.05) is 32.8 Å². The highest BCUT2D eigenvalue weighted by atomic mass is 16.3. The summed E-state index contributed by atoms with van der Waals surface area (Å²) in [5, 5.41) is 10.3. The van der Waals surface area contributed by atoms with Gasteiger partial charge in [0, 0.05) is 0 Å². The predicted octanol–water partition coefficient (Wildman–Crippen LogP) is 4.69. The van der Waals surface area contributed by atoms with Crippen molar-refractivity contribution < 1.29 is 5.11 Å². The Bertz CT molecular complexity index is 366. The third-order valence-corrected chi connectivity index (χ3v) is 3.57. The highest BCUT2D eigenvalue weighted by Crippen LogP contribution is 2.30. The molecular weight excluding hydrogens is 208 g/mol. The van der Waals surface area contributed by atoms with Crippen LogP contribution in [0, 0.1) is 13.8 Å². The molecule has 0 saturated heterocycles. The normalized spacial score (nSPS) is 10.8. The Morgan fingerprint density at radius 3 is 2.18 bits per heavy atom. The van der Waals surface area contributed by atoms with Crippen LogP contribution in [-0.4, -0.2) is 5.11 Å². The van der Waals surface area contributed by atoms with Gasteiger partial charge in [0.1, 0.15) is 5.75 Å². The predicted molar refractivity (Wildman–Crippen MR) is 74.8 cm³/mol. The molecule has 0 amide bonds. The number of aromatic hydroxyl groups is 1. The van der Waals surface area contributed by atoms with Crippen LogP contribution < -0.4 is 0 Å². The fourth-order valence-corrected chi connectivity index (χ4v) is 2.32. The average Bonchev–Trinajstić information content (AvgIpc) is 2.32. The lowest BCUT2D eigenvalue weighted by molar-refractivity contribution is 0.460. The van der Waals surface area contributed by atoms with Gasteiger partial charge in [-0.2, -0.15) is 0 Å². The second-order valence-corrected chi connectivity index (χ2v) is 5.01. The Labute approximate surface area is 106 Å². The molecule has 0 heterocycles. The second-order valence-electron chi connectivity index (χ2n) is 5.01. The molecule has 0 radical (unpaired) electrons. The summed E-state index contributed by atoms with van der Waals surface area (Å²) in [5.74, 6) is 0.546. The van der Waals surface area contributed by atoms with Crippen molar-refractivity contribution in [1.82, 2.24) is 0 Å². The van der Waals surface area contributed by atoms with E-state index in [1.165, 1.54) is 30.4 Å². The lowest BCUT2D eigenvalue weighted by Gasteiger charge is -2.15. The monoisotopic (exact) mass is 234 g/mol. The fraction of sp³-hybridized carbons (Fsp3) is 0.625. The molecule has 0 atom stereocenters. The molecule has 0 unspecified atom stereocenters. The Morgan fingerprint density at radius 2 is 1.59 bits per heavy atom. The zero-order valence-corrected chi connectivity index (χ0v) is 11.8. The van der Waals surface area contributed by atoms with E-state index in [9.17, 15) is 5.11 Å². The summed E-state index contributed by atoms with van der Waals surface area (Å²) in [6.07, 6.45) is 6.83. The highest BCUT2D eigenvalue weighted by molar-refractivity contribution is 5.49. The molecule has 0 saturated carbocycles. The molecule has 1 aromatic carbocycles. The van der Waals surface area contributed by atoms with E-state index < -0.39 is 0 Å². The van der Waals surface area contributed by atoms with E-state index in [1.54, 1.807) is 0 Å². The molecule has 0 fully saturated rings. The number of hydrogen-bond donors (Lipinski definition) is 1. The van der Waals surface area contributed by atoms with Gasteiger partial charge < -0.3 is 5.11 Å². The van der Waals surface area contributed by atoms with Crippen molar-refractivity contribution in [3.63, 3.8) is 0 Å². The lowest BCUT2D eigenvalue weighted by Crippen LogP contribution is -1.98. The van der Waals surface area contributed by atoms with Gasteiger partial charge in [0.05, 0.1) is 0 Å². The average molecular weight is 234 g/mol. The number of hydrogen-bond acceptors (Lipinski definition) is 1. The zero-order valence-electron chi connectivity index (χ0n) is 11.8. The minimum atomic E-state index is 0.546. The highest BCUT2D eigenvalue weighted by Gasteiger charge is 2.11. The third-order valence-electron chi connectivity index (χ3n) is 3.57. The van der Waals surface area contributed by atoms with Crippen molar-refractivity contribution in [3.05, 3.63) is 28.3 Å². The van der Waals surface area contributed by atoms with Crippen LogP contribution in [0.25, 0.3) is 0 Å². The van der Waals surface area contributed by atoms with E-state index in [2.05, 4.69) is 33.8 Å². The lowest BCUT2D eigenvalue weighted by atomic mass is 9.93. The van der Waals surface area contributed by atoms with E-state index in [4.69, 9.17) is 0 Å². The molecule has 0 bridgehead atoms. The molecule has 1 N–H and O–H groups in total. The summed E-state index contributed by atoms with van der Waals surface area (Å²) in [5.41, 5.74) is 4.83. The first-order valence-electron chi connectivity index (χ1n) is 6.92. The Balaban J connectivity index is 2.99. The van der Waals surface area contributed by atoms with Crippen molar-refractivity contribution in [3.8, 4) is 5.75 Å². The summed E-state index contributed by atoms with van der Waals surface area (Å²) in [7, 11) is 0. The van der Waals surface area contributed by atoms with E-state index in [0.29, 0.717) is 5.75 Å². The van der Waals surface area contributed by atoms with Gasteiger partial charge in [0.25, 0.3) is 0 Å². The van der Waals surface area contributed by atoms with Crippen molar-refractivity contribution in [2.45, 2.75) is 66.2 Å². The Kier molecular flexibility index (Phi) is 5.54. The maximum atomic E-state index is 10.3. The minimum Gasteiger partial charge on any atom is -0.507 e. The molecule has 0 aliphatic carbocycles. The molecule has 17 heavy (non-hydrogen) atoms. The van der Waals surface area contributed by atoms with Crippen molar-refractivity contribution >= 4 is 0 Å². The van der Waals surface area contributed by atoms with Crippen LogP contribution in [0.5, 0.6) is 5.75 Å². The summed E-state index contributed by atoms with van der Waals surface area (Å²) >= 11 is 0. The Hall–Kier alpha value is -0.980. The molecule has 0 aromatic heterocycles. The van der Waals surface area contributed by atoms with Gasteiger partial charge in [0.15, 0.2) is 0 Å². The van der Waals surface area contributed by atoms with Crippen LogP contribution in [-0.2, 0) is 12.8 Å². The molecule has 1 rings (SSSR count). The van der Waals surface area contributed by atoms with Crippen molar-refractivity contribution in [1.29, 1.82) is 0 Å². The van der Waals surface area contributed by atoms with Gasteiger partial charge in [-0.25, -0.2) is 0 Å². The number of benzene rings is 1. The van der Waals surface area contributed by atoms with Crippen LogP contribution in [0.2, 0.25) is 0 Å². The van der Waals surface area contributed by atoms with Gasteiger partial charge in [-0.15, -0.1) is 0 Å². The second kappa shape index (κ2) is 6.68. The molecule has 96 valence electrons. The topological polar surface area (TPSA) is 20.2 Å². The van der Waals surface area contributed by atoms with Gasteiger partial charge in [-0.05, 0) is 61.8 Å². The van der Waals surface area contributed by atoms with Gasteiger partial charge in [0.2, 0.25) is 0 Å². The standard InChI is InChI=1S/C16H26O/c1-5-7-9-14-11-12(3)15(10-8-6-2)16(17)13(14)4/h11,17H,5-10H2,1-4H3. The summed E-state index contributed by atoms with van der Waals surface area (Å²) in [6.45, 7) is 8.57. The van der Waals surface area contributed by atoms with E-state index in [-0.39, 0.29) is 0 Å². The van der Waals surface area contributed by atoms with Crippen LogP contribution in [0.15, 0.2) is 6.07 Å². The van der Waals surface area contributed by atoms with E-state index >= 15 is 0 Å². The first kappa shape index (κ1) is 14.1. The van der Waals surface area contributed by atoms with Gasteiger partial charge in [-0.3, -0.25) is 0 Å². The van der Waals surface area contributed by atoms with E-state index in [1.807, 2.05) is 0 Å². The quantitative estimate of drug-likeness (QED) is 0.756.